The van der Waals surface area contributed by atoms with Crippen LogP contribution in [0.2, 0.25) is 0 Å². The van der Waals surface area contributed by atoms with E-state index in [2.05, 4.69) is 111 Å². The standard InChI is InChI=1S/C23H17BrN2/c24-19-12-10-18(11-13-19)23(16-17-6-2-1-3-7-17)21-9-5-4-8-20(21)22-25-14-15-26(22)23/h1-15H,16H2. The molecule has 4 aromatic rings. The fourth-order valence-electron chi connectivity index (χ4n) is 4.17. The molecule has 1 atom stereocenters. The molecule has 2 heterocycles. The van der Waals surface area contributed by atoms with Crippen molar-refractivity contribution < 1.29 is 0 Å². The van der Waals surface area contributed by atoms with Crippen LogP contribution >= 0.6 is 15.9 Å². The van der Waals surface area contributed by atoms with E-state index >= 15 is 0 Å². The predicted molar refractivity (Wildman–Crippen MR) is 108 cm³/mol. The van der Waals surface area contributed by atoms with Crippen molar-refractivity contribution >= 4 is 15.9 Å². The number of rotatable bonds is 3. The van der Waals surface area contributed by atoms with E-state index < -0.39 is 0 Å². The molecule has 0 N–H and O–H groups in total. The summed E-state index contributed by atoms with van der Waals surface area (Å²) in [4.78, 5) is 4.67. The van der Waals surface area contributed by atoms with Gasteiger partial charge in [-0.2, -0.15) is 0 Å². The van der Waals surface area contributed by atoms with Crippen molar-refractivity contribution in [2.75, 3.05) is 0 Å². The lowest BCUT2D eigenvalue weighted by Crippen LogP contribution is -2.35. The van der Waals surface area contributed by atoms with Crippen LogP contribution in [-0.4, -0.2) is 9.55 Å². The molecule has 0 radical (unpaired) electrons. The second kappa shape index (κ2) is 5.96. The highest BCUT2D eigenvalue weighted by Gasteiger charge is 2.44. The van der Waals surface area contributed by atoms with Gasteiger partial charge in [0.2, 0.25) is 0 Å². The Hall–Kier alpha value is -2.65. The fraction of sp³-hybridized carbons (Fsp3) is 0.0870. The number of hydrogen-bond acceptors (Lipinski definition) is 1. The van der Waals surface area contributed by atoms with Crippen LogP contribution < -0.4 is 0 Å². The second-order valence-corrected chi connectivity index (χ2v) is 7.61. The normalized spacial score (nSPS) is 17.7. The highest BCUT2D eigenvalue weighted by Crippen LogP contribution is 2.48. The molecule has 3 heteroatoms. The molecular formula is C23H17BrN2. The van der Waals surface area contributed by atoms with Gasteiger partial charge in [-0.15, -0.1) is 0 Å². The van der Waals surface area contributed by atoms with Gasteiger partial charge in [-0.1, -0.05) is 82.7 Å². The number of nitrogens with zero attached hydrogens (tertiary/aromatic N) is 2. The van der Waals surface area contributed by atoms with Crippen molar-refractivity contribution in [3.63, 3.8) is 0 Å². The van der Waals surface area contributed by atoms with E-state index in [1.165, 1.54) is 22.3 Å². The molecule has 0 fully saturated rings. The SMILES string of the molecule is Brc1ccc(C2(Cc3ccccc3)c3ccccc3-c3nccn32)cc1. The molecule has 2 nitrogen and oxygen atoms in total. The first-order valence-corrected chi connectivity index (χ1v) is 9.52. The molecule has 1 aromatic heterocycles. The van der Waals surface area contributed by atoms with Gasteiger partial charge in [0.05, 0.1) is 0 Å². The molecular weight excluding hydrogens is 384 g/mol. The van der Waals surface area contributed by atoms with Crippen LogP contribution in [0.25, 0.3) is 11.4 Å². The van der Waals surface area contributed by atoms with Crippen molar-refractivity contribution in [1.82, 2.24) is 9.55 Å². The lowest BCUT2D eigenvalue weighted by atomic mass is 9.78. The van der Waals surface area contributed by atoms with Gasteiger partial charge in [-0.25, -0.2) is 4.98 Å². The molecule has 0 spiro atoms. The molecule has 5 rings (SSSR count). The smallest absolute Gasteiger partial charge is 0.141 e. The van der Waals surface area contributed by atoms with Gasteiger partial charge in [-0.3, -0.25) is 0 Å². The van der Waals surface area contributed by atoms with Crippen molar-refractivity contribution in [3.05, 3.63) is 112 Å². The third kappa shape index (κ3) is 2.20. The molecule has 3 aromatic carbocycles. The quantitative estimate of drug-likeness (QED) is 0.433. The Labute approximate surface area is 161 Å². The van der Waals surface area contributed by atoms with E-state index in [0.717, 1.165) is 16.7 Å². The van der Waals surface area contributed by atoms with E-state index in [-0.39, 0.29) is 5.54 Å². The topological polar surface area (TPSA) is 17.8 Å². The first-order valence-electron chi connectivity index (χ1n) is 8.73. The van der Waals surface area contributed by atoms with E-state index in [0.29, 0.717) is 0 Å². The maximum atomic E-state index is 4.67. The summed E-state index contributed by atoms with van der Waals surface area (Å²) in [5.74, 6) is 1.04. The zero-order valence-corrected chi connectivity index (χ0v) is 15.7. The van der Waals surface area contributed by atoms with Gasteiger partial charge >= 0.3 is 0 Å². The molecule has 0 saturated carbocycles. The first kappa shape index (κ1) is 15.6. The van der Waals surface area contributed by atoms with Gasteiger partial charge in [0.1, 0.15) is 11.4 Å². The zero-order valence-electron chi connectivity index (χ0n) is 14.1. The summed E-state index contributed by atoms with van der Waals surface area (Å²) < 4.78 is 3.43. The predicted octanol–water partition coefficient (Wildman–Crippen LogP) is 5.66. The molecule has 0 bridgehead atoms. The Morgan fingerprint density at radius 2 is 1.58 bits per heavy atom. The van der Waals surface area contributed by atoms with E-state index in [1.54, 1.807) is 0 Å². The fourth-order valence-corrected chi connectivity index (χ4v) is 4.44. The van der Waals surface area contributed by atoms with Crippen molar-refractivity contribution in [1.29, 1.82) is 0 Å². The molecule has 0 saturated heterocycles. The van der Waals surface area contributed by atoms with Crippen LogP contribution in [0.3, 0.4) is 0 Å². The van der Waals surface area contributed by atoms with Crippen LogP contribution in [0.4, 0.5) is 0 Å². The summed E-state index contributed by atoms with van der Waals surface area (Å²) in [5, 5.41) is 0. The van der Waals surface area contributed by atoms with Gasteiger partial charge in [0.15, 0.2) is 0 Å². The second-order valence-electron chi connectivity index (χ2n) is 6.70. The summed E-state index contributed by atoms with van der Waals surface area (Å²) in [6.45, 7) is 0. The molecule has 126 valence electrons. The monoisotopic (exact) mass is 400 g/mol. The number of benzene rings is 3. The maximum Gasteiger partial charge on any atom is 0.141 e. The largest absolute Gasteiger partial charge is 0.316 e. The van der Waals surface area contributed by atoms with Crippen LogP contribution in [0.1, 0.15) is 16.7 Å². The van der Waals surface area contributed by atoms with Crippen molar-refractivity contribution in [2.45, 2.75) is 12.0 Å². The summed E-state index contributed by atoms with van der Waals surface area (Å²) in [6.07, 6.45) is 4.90. The highest BCUT2D eigenvalue weighted by molar-refractivity contribution is 9.10. The van der Waals surface area contributed by atoms with Gasteiger partial charge in [-0.05, 0) is 28.8 Å². The lowest BCUT2D eigenvalue weighted by molar-refractivity contribution is 0.450. The minimum Gasteiger partial charge on any atom is -0.316 e. The first-order chi connectivity index (χ1) is 12.8. The number of hydrogen-bond donors (Lipinski definition) is 0. The van der Waals surface area contributed by atoms with Crippen LogP contribution in [-0.2, 0) is 12.0 Å². The number of halogens is 1. The Morgan fingerprint density at radius 1 is 0.846 bits per heavy atom. The Kier molecular flexibility index (Phi) is 3.57. The third-order valence-corrected chi connectivity index (χ3v) is 5.82. The highest BCUT2D eigenvalue weighted by atomic mass is 79.9. The maximum absolute atomic E-state index is 4.67. The molecule has 26 heavy (non-hydrogen) atoms. The Balaban J connectivity index is 1.82. The zero-order chi connectivity index (χ0) is 17.6. The minimum atomic E-state index is -0.287. The van der Waals surface area contributed by atoms with Gasteiger partial charge in [0.25, 0.3) is 0 Å². The molecule has 0 amide bonds. The number of imidazole rings is 1. The molecule has 0 aliphatic carbocycles. The van der Waals surface area contributed by atoms with Crippen molar-refractivity contribution in [3.8, 4) is 11.4 Å². The minimum absolute atomic E-state index is 0.287. The molecule has 1 unspecified atom stereocenters. The summed E-state index contributed by atoms with van der Waals surface area (Å²) in [6, 6.07) is 28.0. The summed E-state index contributed by atoms with van der Waals surface area (Å²) in [5.41, 5.74) is 4.83. The van der Waals surface area contributed by atoms with Crippen LogP contribution in [0, 0.1) is 0 Å². The van der Waals surface area contributed by atoms with Crippen LogP contribution in [0.5, 0.6) is 0 Å². The van der Waals surface area contributed by atoms with Gasteiger partial charge in [0, 0.05) is 28.9 Å². The van der Waals surface area contributed by atoms with E-state index in [9.17, 15) is 0 Å². The third-order valence-electron chi connectivity index (χ3n) is 5.29. The molecule has 1 aliphatic heterocycles. The van der Waals surface area contributed by atoms with Crippen LogP contribution in [0.15, 0.2) is 95.7 Å². The summed E-state index contributed by atoms with van der Waals surface area (Å²) >= 11 is 3.58. The number of fused-ring (bicyclic) bond motifs is 3. The van der Waals surface area contributed by atoms with E-state index in [1.807, 2.05) is 6.20 Å². The summed E-state index contributed by atoms with van der Waals surface area (Å²) in [7, 11) is 0. The van der Waals surface area contributed by atoms with E-state index in [4.69, 9.17) is 0 Å². The van der Waals surface area contributed by atoms with Crippen molar-refractivity contribution in [2.24, 2.45) is 0 Å². The average Bonchev–Trinajstić information content (AvgIpc) is 3.26. The molecule has 1 aliphatic rings. The average molecular weight is 401 g/mol. The Morgan fingerprint density at radius 3 is 2.38 bits per heavy atom. The lowest BCUT2D eigenvalue weighted by Gasteiger charge is -2.34. The van der Waals surface area contributed by atoms with Gasteiger partial charge < -0.3 is 4.57 Å². The Bertz CT molecular complexity index is 1070. The number of aromatic nitrogens is 2.